The van der Waals surface area contributed by atoms with Gasteiger partial charge in [-0.3, -0.25) is 0 Å². The van der Waals surface area contributed by atoms with Crippen LogP contribution in [-0.2, 0) is 0 Å². The zero-order chi connectivity index (χ0) is 47.4. The van der Waals surface area contributed by atoms with Gasteiger partial charge in [-0.05, 0) is 83.9 Å². The second-order valence-corrected chi connectivity index (χ2v) is 19.3. The zero-order valence-electron chi connectivity index (χ0n) is 38.3. The largest absolute Gasteiger partial charge is 0.455 e. The van der Waals surface area contributed by atoms with Crippen LogP contribution in [0.15, 0.2) is 223 Å². The normalized spacial score (nSPS) is 11.9. The number of para-hydroxylation sites is 3. The molecule has 0 N–H and O–H groups in total. The molecule has 0 aliphatic carbocycles. The second kappa shape index (κ2) is 15.7. The predicted molar refractivity (Wildman–Crippen MR) is 295 cm³/mol. The molecule has 15 rings (SSSR count). The summed E-state index contributed by atoms with van der Waals surface area (Å²) in [5, 5.41) is 20.3. The van der Waals surface area contributed by atoms with Gasteiger partial charge < -0.3 is 13.6 Å². The van der Waals surface area contributed by atoms with Crippen molar-refractivity contribution in [1.82, 2.24) is 24.1 Å². The molecule has 0 saturated heterocycles. The molecular weight excluding hydrogens is 901 g/mol. The number of furan rings is 1. The van der Waals surface area contributed by atoms with E-state index in [0.29, 0.717) is 39.8 Å². The van der Waals surface area contributed by atoms with Crippen molar-refractivity contribution in [1.29, 1.82) is 5.26 Å². The Morgan fingerprint density at radius 1 is 0.403 bits per heavy atom. The first-order valence-corrected chi connectivity index (χ1v) is 24.7. The van der Waals surface area contributed by atoms with Gasteiger partial charge in [0.25, 0.3) is 0 Å². The van der Waals surface area contributed by atoms with Gasteiger partial charge in [0.15, 0.2) is 17.5 Å². The quantitative estimate of drug-likeness (QED) is 0.166. The summed E-state index contributed by atoms with van der Waals surface area (Å²) in [6.07, 6.45) is 0. The molecule has 0 radical (unpaired) electrons. The first-order valence-electron chi connectivity index (χ1n) is 23.9. The molecule has 15 aromatic rings. The highest BCUT2D eigenvalue weighted by Crippen LogP contribution is 2.47. The summed E-state index contributed by atoms with van der Waals surface area (Å²) in [5.41, 5.74) is 12.2. The van der Waals surface area contributed by atoms with Crippen LogP contribution in [0.25, 0.3) is 142 Å². The number of rotatable bonds is 6. The fourth-order valence-corrected chi connectivity index (χ4v) is 12.0. The SMILES string of the molecule is N#Cc1cc(-c2nc(-c3ccccc3)nc(-c3ccccc3)n2)c2oc3ccccc3c2c1-n1c2ccc(-c3ccc4sc5ccccc5c4c3)cc2c2cc3c4ccccc4n(-c4ccccc4)c3cc21. The van der Waals surface area contributed by atoms with Gasteiger partial charge in [-0.2, -0.15) is 5.26 Å². The van der Waals surface area contributed by atoms with E-state index in [0.717, 1.165) is 88.0 Å². The van der Waals surface area contributed by atoms with E-state index in [2.05, 4.69) is 149 Å². The fourth-order valence-electron chi connectivity index (χ4n) is 11.0. The molecule has 0 spiro atoms. The Morgan fingerprint density at radius 2 is 0.958 bits per heavy atom. The fraction of sp³-hybridized carbons (Fsp3) is 0. The molecule has 0 amide bonds. The molecule has 72 heavy (non-hydrogen) atoms. The average molecular weight is 937 g/mol. The molecule has 0 atom stereocenters. The number of fused-ring (bicyclic) bond motifs is 12. The van der Waals surface area contributed by atoms with Gasteiger partial charge in [-0.1, -0.05) is 146 Å². The molecule has 5 aromatic heterocycles. The zero-order valence-corrected chi connectivity index (χ0v) is 39.1. The summed E-state index contributed by atoms with van der Waals surface area (Å²) in [6, 6.07) is 78.6. The Kier molecular flexibility index (Phi) is 8.76. The predicted octanol–water partition coefficient (Wildman–Crippen LogP) is 16.9. The Labute approximate surface area is 415 Å². The second-order valence-electron chi connectivity index (χ2n) is 18.2. The Bertz CT molecular complexity index is 4690. The number of nitrogens with zero attached hydrogens (tertiary/aromatic N) is 6. The number of hydrogen-bond acceptors (Lipinski definition) is 6. The van der Waals surface area contributed by atoms with Crippen molar-refractivity contribution in [2.24, 2.45) is 0 Å². The van der Waals surface area contributed by atoms with Crippen molar-refractivity contribution in [3.05, 3.63) is 224 Å². The maximum Gasteiger partial charge on any atom is 0.167 e. The van der Waals surface area contributed by atoms with Crippen LogP contribution in [0.4, 0.5) is 0 Å². The van der Waals surface area contributed by atoms with Crippen molar-refractivity contribution in [3.63, 3.8) is 0 Å². The minimum atomic E-state index is 0.408. The van der Waals surface area contributed by atoms with Gasteiger partial charge in [0.05, 0.1) is 44.3 Å². The van der Waals surface area contributed by atoms with Gasteiger partial charge in [-0.15, -0.1) is 11.3 Å². The van der Waals surface area contributed by atoms with Crippen molar-refractivity contribution < 1.29 is 4.42 Å². The van der Waals surface area contributed by atoms with E-state index >= 15 is 0 Å². The number of thiophene rings is 1. The molecule has 10 aromatic carbocycles. The van der Waals surface area contributed by atoms with E-state index in [9.17, 15) is 5.26 Å². The molecule has 5 heterocycles. The third-order valence-corrected chi connectivity index (χ3v) is 15.3. The van der Waals surface area contributed by atoms with E-state index in [1.54, 1.807) is 0 Å². The molecule has 0 aliphatic heterocycles. The molecule has 7 nitrogen and oxygen atoms in total. The van der Waals surface area contributed by atoms with Gasteiger partial charge in [-0.25, -0.2) is 15.0 Å². The lowest BCUT2D eigenvalue weighted by Crippen LogP contribution is -2.03. The van der Waals surface area contributed by atoms with Crippen LogP contribution in [0, 0.1) is 11.3 Å². The van der Waals surface area contributed by atoms with Crippen LogP contribution in [0.2, 0.25) is 0 Å². The summed E-state index contributed by atoms with van der Waals surface area (Å²) < 4.78 is 14.2. The van der Waals surface area contributed by atoms with E-state index < -0.39 is 0 Å². The van der Waals surface area contributed by atoms with E-state index in [4.69, 9.17) is 19.4 Å². The van der Waals surface area contributed by atoms with E-state index in [1.165, 1.54) is 20.2 Å². The minimum absolute atomic E-state index is 0.408. The highest BCUT2D eigenvalue weighted by molar-refractivity contribution is 7.25. The van der Waals surface area contributed by atoms with Crippen molar-refractivity contribution in [2.45, 2.75) is 0 Å². The van der Waals surface area contributed by atoms with Gasteiger partial charge in [0, 0.05) is 63.9 Å². The highest BCUT2D eigenvalue weighted by atomic mass is 32.1. The van der Waals surface area contributed by atoms with E-state index in [1.807, 2.05) is 96.3 Å². The number of aromatic nitrogens is 5. The van der Waals surface area contributed by atoms with Crippen LogP contribution >= 0.6 is 11.3 Å². The smallest absolute Gasteiger partial charge is 0.167 e. The summed E-state index contributed by atoms with van der Waals surface area (Å²) in [5.74, 6) is 1.45. The van der Waals surface area contributed by atoms with Crippen LogP contribution < -0.4 is 0 Å². The Hall–Kier alpha value is -9.68. The molecule has 0 aliphatic rings. The third-order valence-electron chi connectivity index (χ3n) is 14.2. The summed E-state index contributed by atoms with van der Waals surface area (Å²) in [4.78, 5) is 15.3. The molecular formula is C64H36N6OS. The van der Waals surface area contributed by atoms with Crippen molar-refractivity contribution in [3.8, 4) is 62.7 Å². The molecule has 0 unspecified atom stereocenters. The van der Waals surface area contributed by atoms with Crippen molar-refractivity contribution in [2.75, 3.05) is 0 Å². The monoisotopic (exact) mass is 936 g/mol. The van der Waals surface area contributed by atoms with Gasteiger partial charge in [0.1, 0.15) is 17.2 Å². The standard InChI is InChI=1S/C64H36N6OS/c65-37-42-34-51(64-67-62(38-16-4-1-5-17-38)66-63(68-64)39-18-6-2-7-19-39)61-59(46-24-11-14-26-56(46)71-61)60(42)70-53-30-28-40(41-29-31-58-50(33-41)45-23-12-15-27-57(45)72-58)32-47(53)49-35-48-44-22-10-13-25-52(44)69(54(48)36-55(49)70)43-20-8-3-9-21-43/h1-36H. The van der Waals surface area contributed by atoms with Gasteiger partial charge >= 0.3 is 0 Å². The summed E-state index contributed by atoms with van der Waals surface area (Å²) >= 11 is 1.83. The number of benzene rings is 10. The number of nitriles is 1. The highest BCUT2D eigenvalue weighted by Gasteiger charge is 2.27. The molecule has 0 fully saturated rings. The Morgan fingerprint density at radius 3 is 1.71 bits per heavy atom. The van der Waals surface area contributed by atoms with Crippen LogP contribution in [-0.4, -0.2) is 24.1 Å². The number of hydrogen-bond donors (Lipinski definition) is 0. The van der Waals surface area contributed by atoms with Crippen LogP contribution in [0.1, 0.15) is 5.56 Å². The molecule has 334 valence electrons. The lowest BCUT2D eigenvalue weighted by molar-refractivity contribution is 0.669. The molecule has 8 heteroatoms. The minimum Gasteiger partial charge on any atom is -0.455 e. The first kappa shape index (κ1) is 40.2. The first-order chi connectivity index (χ1) is 35.6. The maximum absolute atomic E-state index is 11.6. The molecule has 0 saturated carbocycles. The Balaban J connectivity index is 1.06. The van der Waals surface area contributed by atoms with Crippen molar-refractivity contribution >= 4 is 97.1 Å². The summed E-state index contributed by atoms with van der Waals surface area (Å²) in [6.45, 7) is 0. The maximum atomic E-state index is 11.6. The average Bonchev–Trinajstić information content (AvgIpc) is 4.20. The van der Waals surface area contributed by atoms with Crippen LogP contribution in [0.3, 0.4) is 0 Å². The van der Waals surface area contributed by atoms with E-state index in [-0.39, 0.29) is 0 Å². The van der Waals surface area contributed by atoms with Crippen LogP contribution in [0.5, 0.6) is 0 Å². The van der Waals surface area contributed by atoms with Gasteiger partial charge in [0.2, 0.25) is 0 Å². The lowest BCUT2D eigenvalue weighted by Gasteiger charge is -2.15. The third kappa shape index (κ3) is 6.05. The lowest BCUT2D eigenvalue weighted by atomic mass is 10.00. The summed E-state index contributed by atoms with van der Waals surface area (Å²) in [7, 11) is 0. The topological polar surface area (TPSA) is 85.5 Å². The molecule has 0 bridgehead atoms.